The van der Waals surface area contributed by atoms with Crippen LogP contribution >= 0.6 is 35.0 Å². The molecule has 0 spiro atoms. The summed E-state index contributed by atoms with van der Waals surface area (Å²) in [5.74, 6) is -0.0998. The van der Waals surface area contributed by atoms with Gasteiger partial charge in [0.25, 0.3) is 0 Å². The van der Waals surface area contributed by atoms with Crippen LogP contribution in [0.1, 0.15) is 6.92 Å². The number of amides is 1. The van der Waals surface area contributed by atoms with Crippen LogP contribution < -0.4 is 5.32 Å². The zero-order valence-electron chi connectivity index (χ0n) is 10.6. The van der Waals surface area contributed by atoms with Crippen LogP contribution in [0.4, 0.5) is 5.69 Å². The summed E-state index contributed by atoms with van der Waals surface area (Å²) in [6.07, 6.45) is 3.25. The van der Waals surface area contributed by atoms with Gasteiger partial charge in [0.15, 0.2) is 0 Å². The summed E-state index contributed by atoms with van der Waals surface area (Å²) in [4.78, 5) is 16.8. The summed E-state index contributed by atoms with van der Waals surface area (Å²) in [7, 11) is 0. The third kappa shape index (κ3) is 4.13. The molecule has 6 heteroatoms. The van der Waals surface area contributed by atoms with Gasteiger partial charge in [0, 0.05) is 28.0 Å². The quantitative estimate of drug-likeness (QED) is 0.840. The van der Waals surface area contributed by atoms with Gasteiger partial charge in [-0.1, -0.05) is 23.2 Å². The Morgan fingerprint density at radius 1 is 1.25 bits per heavy atom. The molecule has 1 heterocycles. The van der Waals surface area contributed by atoms with Crippen molar-refractivity contribution >= 4 is 46.6 Å². The van der Waals surface area contributed by atoms with Crippen molar-refractivity contribution in [3.05, 3.63) is 52.8 Å². The van der Waals surface area contributed by atoms with E-state index in [-0.39, 0.29) is 11.2 Å². The van der Waals surface area contributed by atoms with Gasteiger partial charge in [0.1, 0.15) is 0 Å². The third-order valence-electron chi connectivity index (χ3n) is 2.51. The summed E-state index contributed by atoms with van der Waals surface area (Å²) >= 11 is 13.4. The monoisotopic (exact) mass is 326 g/mol. The molecule has 0 aliphatic carbocycles. The van der Waals surface area contributed by atoms with E-state index in [4.69, 9.17) is 23.2 Å². The van der Waals surface area contributed by atoms with Crippen LogP contribution in [0.15, 0.2) is 47.6 Å². The summed E-state index contributed by atoms with van der Waals surface area (Å²) < 4.78 is 0. The van der Waals surface area contributed by atoms with E-state index in [9.17, 15) is 4.79 Å². The first-order valence-electron chi connectivity index (χ1n) is 5.89. The summed E-state index contributed by atoms with van der Waals surface area (Å²) in [5.41, 5.74) is 0.717. The van der Waals surface area contributed by atoms with Crippen molar-refractivity contribution in [2.45, 2.75) is 17.1 Å². The fourth-order valence-electron chi connectivity index (χ4n) is 1.49. The van der Waals surface area contributed by atoms with Crippen molar-refractivity contribution in [2.24, 2.45) is 0 Å². The van der Waals surface area contributed by atoms with Crippen molar-refractivity contribution < 1.29 is 4.79 Å². The van der Waals surface area contributed by atoms with Crippen LogP contribution in [0.2, 0.25) is 10.0 Å². The van der Waals surface area contributed by atoms with E-state index in [2.05, 4.69) is 10.3 Å². The molecule has 0 radical (unpaired) electrons. The largest absolute Gasteiger partial charge is 0.325 e. The number of thioether (sulfide) groups is 1. The molecule has 2 rings (SSSR count). The number of pyridine rings is 1. The highest BCUT2D eigenvalue weighted by atomic mass is 35.5. The molecule has 0 saturated carbocycles. The second-order valence-corrected chi connectivity index (χ2v) is 6.29. The molecule has 1 amide bonds. The van der Waals surface area contributed by atoms with Gasteiger partial charge >= 0.3 is 0 Å². The van der Waals surface area contributed by atoms with E-state index in [0.29, 0.717) is 10.0 Å². The predicted octanol–water partition coefficient (Wildman–Crippen LogP) is 4.51. The lowest BCUT2D eigenvalue weighted by atomic mass is 10.3. The lowest BCUT2D eigenvalue weighted by Gasteiger charge is -2.13. The number of hydrogen-bond acceptors (Lipinski definition) is 3. The first-order valence-corrected chi connectivity index (χ1v) is 7.52. The van der Waals surface area contributed by atoms with Gasteiger partial charge in [0.05, 0.1) is 10.3 Å². The van der Waals surface area contributed by atoms with Gasteiger partial charge < -0.3 is 5.32 Å². The van der Waals surface area contributed by atoms with Gasteiger partial charge in [0.2, 0.25) is 5.91 Å². The van der Waals surface area contributed by atoms with Crippen molar-refractivity contribution in [3.63, 3.8) is 0 Å². The lowest BCUT2D eigenvalue weighted by Crippen LogP contribution is -2.22. The molecular weight excluding hydrogens is 315 g/mol. The van der Waals surface area contributed by atoms with E-state index in [1.807, 2.05) is 6.92 Å². The molecule has 1 atom stereocenters. The number of rotatable bonds is 4. The molecular formula is C14H12Cl2N2OS. The minimum absolute atomic E-state index is 0.0998. The number of nitrogens with one attached hydrogen (secondary N) is 1. The van der Waals surface area contributed by atoms with Crippen LogP contribution in [0.3, 0.4) is 0 Å². The fourth-order valence-corrected chi connectivity index (χ4v) is 2.90. The highest BCUT2D eigenvalue weighted by molar-refractivity contribution is 8.00. The Morgan fingerprint density at radius 3 is 2.65 bits per heavy atom. The maximum absolute atomic E-state index is 12.1. The molecule has 0 bridgehead atoms. The predicted molar refractivity (Wildman–Crippen MR) is 84.6 cm³/mol. The topological polar surface area (TPSA) is 42.0 Å². The van der Waals surface area contributed by atoms with Crippen molar-refractivity contribution in [2.75, 3.05) is 5.32 Å². The lowest BCUT2D eigenvalue weighted by molar-refractivity contribution is -0.115. The molecule has 0 aliphatic heterocycles. The molecule has 0 fully saturated rings. The number of carbonyl (C=O) groups excluding carboxylic acids is 1. The molecule has 0 saturated heterocycles. The SMILES string of the molecule is CC(Sc1cc(Cl)ccc1Cl)C(=O)Nc1ccncc1. The Balaban J connectivity index is 2.02. The molecule has 20 heavy (non-hydrogen) atoms. The van der Waals surface area contributed by atoms with Gasteiger partial charge in [-0.2, -0.15) is 0 Å². The third-order valence-corrected chi connectivity index (χ3v) is 4.35. The number of anilines is 1. The number of carbonyl (C=O) groups is 1. The maximum atomic E-state index is 12.1. The minimum Gasteiger partial charge on any atom is -0.325 e. The summed E-state index contributed by atoms with van der Waals surface area (Å²) in [6.45, 7) is 1.82. The minimum atomic E-state index is -0.292. The summed E-state index contributed by atoms with van der Waals surface area (Å²) in [5, 5.41) is 3.71. The Labute approximate surface area is 131 Å². The van der Waals surface area contributed by atoms with Gasteiger partial charge in [-0.05, 0) is 37.3 Å². The smallest absolute Gasteiger partial charge is 0.237 e. The van der Waals surface area contributed by atoms with Crippen LogP contribution in [0, 0.1) is 0 Å². The van der Waals surface area contributed by atoms with E-state index >= 15 is 0 Å². The number of aromatic nitrogens is 1. The Kier molecular flexibility index (Phi) is 5.29. The molecule has 1 N–H and O–H groups in total. The molecule has 2 aromatic rings. The number of hydrogen-bond donors (Lipinski definition) is 1. The van der Waals surface area contributed by atoms with Crippen LogP contribution in [0.5, 0.6) is 0 Å². The van der Waals surface area contributed by atoms with E-state index in [1.165, 1.54) is 11.8 Å². The average molecular weight is 327 g/mol. The van der Waals surface area contributed by atoms with Gasteiger partial charge in [-0.25, -0.2) is 0 Å². The van der Waals surface area contributed by atoms with Crippen LogP contribution in [-0.4, -0.2) is 16.1 Å². The zero-order chi connectivity index (χ0) is 14.5. The van der Waals surface area contributed by atoms with Crippen molar-refractivity contribution in [3.8, 4) is 0 Å². The number of nitrogens with zero attached hydrogens (tertiary/aromatic N) is 1. The molecule has 0 aliphatic rings. The normalized spacial score (nSPS) is 11.9. The zero-order valence-corrected chi connectivity index (χ0v) is 13.0. The Bertz CT molecular complexity index is 607. The van der Waals surface area contributed by atoms with E-state index in [0.717, 1.165) is 10.6 Å². The second-order valence-electron chi connectivity index (χ2n) is 4.06. The molecule has 1 aromatic heterocycles. The van der Waals surface area contributed by atoms with Crippen molar-refractivity contribution in [1.29, 1.82) is 0 Å². The average Bonchev–Trinajstić information content (AvgIpc) is 2.44. The van der Waals surface area contributed by atoms with Gasteiger partial charge in [-0.15, -0.1) is 11.8 Å². The standard InChI is InChI=1S/C14H12Cl2N2OS/c1-9(14(19)18-11-4-6-17-7-5-11)20-13-8-10(15)2-3-12(13)16/h2-9H,1H3,(H,17,18,19). The molecule has 1 aromatic carbocycles. The first kappa shape index (κ1) is 15.2. The Morgan fingerprint density at radius 2 is 1.95 bits per heavy atom. The van der Waals surface area contributed by atoms with E-state index < -0.39 is 0 Å². The van der Waals surface area contributed by atoms with Gasteiger partial charge in [-0.3, -0.25) is 9.78 Å². The highest BCUT2D eigenvalue weighted by Gasteiger charge is 2.16. The molecule has 1 unspecified atom stereocenters. The first-order chi connectivity index (χ1) is 9.56. The van der Waals surface area contributed by atoms with E-state index in [1.54, 1.807) is 42.7 Å². The Hall–Kier alpha value is -1.23. The summed E-state index contributed by atoms with van der Waals surface area (Å²) in [6, 6.07) is 8.67. The highest BCUT2D eigenvalue weighted by Crippen LogP contribution is 2.32. The van der Waals surface area contributed by atoms with Crippen LogP contribution in [-0.2, 0) is 4.79 Å². The fraction of sp³-hybridized carbons (Fsp3) is 0.143. The molecule has 104 valence electrons. The number of halogens is 2. The molecule has 3 nitrogen and oxygen atoms in total. The van der Waals surface area contributed by atoms with Crippen LogP contribution in [0.25, 0.3) is 0 Å². The maximum Gasteiger partial charge on any atom is 0.237 e. The van der Waals surface area contributed by atoms with Crippen molar-refractivity contribution in [1.82, 2.24) is 4.98 Å². The second kappa shape index (κ2) is 6.97. The number of benzene rings is 1.